The normalized spacial score (nSPS) is 14.0. The van der Waals surface area contributed by atoms with Gasteiger partial charge in [0.2, 0.25) is 0 Å². The summed E-state index contributed by atoms with van der Waals surface area (Å²) in [6, 6.07) is 6.73. The highest BCUT2D eigenvalue weighted by Gasteiger charge is 2.11. The van der Waals surface area contributed by atoms with Crippen LogP contribution in [0.25, 0.3) is 0 Å². The first-order valence-corrected chi connectivity index (χ1v) is 7.84. The standard InChI is InChI=1S/C16H17NO2S/c18-16(19)9-14-10-20-15(17-14)8-11-5-6-12-3-1-2-4-13(12)7-11/h5-7,10H,1-4,8-9H2,(H,18,19). The maximum atomic E-state index is 10.7. The third-order valence-corrected chi connectivity index (χ3v) is 4.60. The number of hydrogen-bond acceptors (Lipinski definition) is 3. The zero-order chi connectivity index (χ0) is 13.9. The number of carbonyl (C=O) groups is 1. The number of carboxylic acids is 1. The van der Waals surface area contributed by atoms with Crippen molar-refractivity contribution in [3.8, 4) is 0 Å². The fourth-order valence-corrected chi connectivity index (χ4v) is 3.57. The van der Waals surface area contributed by atoms with E-state index in [1.807, 2.05) is 5.38 Å². The Morgan fingerprint density at radius 2 is 2.05 bits per heavy atom. The van der Waals surface area contributed by atoms with Gasteiger partial charge in [0.25, 0.3) is 0 Å². The van der Waals surface area contributed by atoms with Gasteiger partial charge in [0.15, 0.2) is 0 Å². The molecule has 1 aliphatic rings. The zero-order valence-corrected chi connectivity index (χ0v) is 12.1. The summed E-state index contributed by atoms with van der Waals surface area (Å²) in [6.07, 6.45) is 5.80. The van der Waals surface area contributed by atoms with Crippen molar-refractivity contribution in [3.05, 3.63) is 51.0 Å². The quantitative estimate of drug-likeness (QED) is 0.939. The van der Waals surface area contributed by atoms with Gasteiger partial charge < -0.3 is 5.11 Å². The Morgan fingerprint density at radius 3 is 2.85 bits per heavy atom. The van der Waals surface area contributed by atoms with Gasteiger partial charge in [0.1, 0.15) is 0 Å². The molecule has 0 spiro atoms. The molecule has 0 saturated heterocycles. The van der Waals surface area contributed by atoms with Crippen molar-refractivity contribution in [2.24, 2.45) is 0 Å². The van der Waals surface area contributed by atoms with E-state index in [1.165, 1.54) is 42.4 Å². The van der Waals surface area contributed by atoms with Gasteiger partial charge >= 0.3 is 5.97 Å². The molecule has 1 aromatic heterocycles. The number of fused-ring (bicyclic) bond motifs is 1. The molecule has 0 aliphatic heterocycles. The molecule has 1 heterocycles. The average Bonchev–Trinajstić information content (AvgIpc) is 2.85. The van der Waals surface area contributed by atoms with Crippen LogP contribution in [-0.2, 0) is 30.5 Å². The van der Waals surface area contributed by atoms with Crippen LogP contribution in [0.2, 0.25) is 0 Å². The second kappa shape index (κ2) is 5.75. The van der Waals surface area contributed by atoms with Gasteiger partial charge in [-0.2, -0.15) is 0 Å². The van der Waals surface area contributed by atoms with E-state index < -0.39 is 5.97 Å². The molecule has 0 fully saturated rings. The van der Waals surface area contributed by atoms with Crippen molar-refractivity contribution in [2.45, 2.75) is 38.5 Å². The Hall–Kier alpha value is -1.68. The average molecular weight is 287 g/mol. The van der Waals surface area contributed by atoms with Gasteiger partial charge in [-0.25, -0.2) is 4.98 Å². The van der Waals surface area contributed by atoms with Crippen LogP contribution in [0.3, 0.4) is 0 Å². The van der Waals surface area contributed by atoms with E-state index in [0.717, 1.165) is 11.4 Å². The minimum absolute atomic E-state index is 0.0146. The second-order valence-corrected chi connectivity index (χ2v) is 6.23. The highest BCUT2D eigenvalue weighted by molar-refractivity contribution is 7.09. The predicted octanol–water partition coefficient (Wildman–Crippen LogP) is 3.24. The molecule has 1 aromatic carbocycles. The van der Waals surface area contributed by atoms with Gasteiger partial charge in [-0.05, 0) is 42.4 Å². The molecule has 1 aliphatic carbocycles. The number of rotatable bonds is 4. The summed E-state index contributed by atoms with van der Waals surface area (Å²) < 4.78 is 0. The van der Waals surface area contributed by atoms with E-state index in [4.69, 9.17) is 5.11 Å². The third-order valence-electron chi connectivity index (χ3n) is 3.70. The van der Waals surface area contributed by atoms with Crippen molar-refractivity contribution in [3.63, 3.8) is 0 Å². The van der Waals surface area contributed by atoms with Crippen LogP contribution in [0.15, 0.2) is 23.6 Å². The number of hydrogen-bond donors (Lipinski definition) is 1. The lowest BCUT2D eigenvalue weighted by Gasteiger charge is -2.16. The fraction of sp³-hybridized carbons (Fsp3) is 0.375. The summed E-state index contributed by atoms with van der Waals surface area (Å²) in [5.41, 5.74) is 4.92. The van der Waals surface area contributed by atoms with Crippen LogP contribution >= 0.6 is 11.3 Å². The van der Waals surface area contributed by atoms with E-state index >= 15 is 0 Å². The van der Waals surface area contributed by atoms with E-state index in [2.05, 4.69) is 23.2 Å². The Morgan fingerprint density at radius 1 is 1.25 bits per heavy atom. The minimum atomic E-state index is -0.823. The molecule has 104 valence electrons. The van der Waals surface area contributed by atoms with Crippen molar-refractivity contribution in [2.75, 3.05) is 0 Å². The lowest BCUT2D eigenvalue weighted by molar-refractivity contribution is -0.136. The number of nitrogens with zero attached hydrogens (tertiary/aromatic N) is 1. The molecule has 1 N–H and O–H groups in total. The maximum absolute atomic E-state index is 10.7. The molecule has 3 nitrogen and oxygen atoms in total. The maximum Gasteiger partial charge on any atom is 0.309 e. The lowest BCUT2D eigenvalue weighted by atomic mass is 9.90. The molecule has 0 atom stereocenters. The van der Waals surface area contributed by atoms with Crippen LogP contribution in [0.5, 0.6) is 0 Å². The third kappa shape index (κ3) is 3.07. The first kappa shape index (κ1) is 13.3. The van der Waals surface area contributed by atoms with Crippen LogP contribution in [0.1, 0.15) is 40.2 Å². The Bertz CT molecular complexity index is 633. The Labute approximate surface area is 122 Å². The molecule has 0 saturated carbocycles. The molecule has 20 heavy (non-hydrogen) atoms. The number of aryl methyl sites for hydroxylation is 2. The summed E-state index contributed by atoms with van der Waals surface area (Å²) in [4.78, 5) is 15.1. The van der Waals surface area contributed by atoms with E-state index in [-0.39, 0.29) is 6.42 Å². The van der Waals surface area contributed by atoms with Crippen molar-refractivity contribution in [1.82, 2.24) is 4.98 Å². The molecular formula is C16H17NO2S. The minimum Gasteiger partial charge on any atom is -0.481 e. The second-order valence-electron chi connectivity index (χ2n) is 5.29. The molecule has 0 bridgehead atoms. The first-order chi connectivity index (χ1) is 9.70. The number of aliphatic carboxylic acids is 1. The van der Waals surface area contributed by atoms with Gasteiger partial charge in [-0.1, -0.05) is 18.2 Å². The molecule has 0 amide bonds. The molecule has 0 unspecified atom stereocenters. The summed E-state index contributed by atoms with van der Waals surface area (Å²) in [7, 11) is 0. The smallest absolute Gasteiger partial charge is 0.309 e. The Kier molecular flexibility index (Phi) is 3.83. The zero-order valence-electron chi connectivity index (χ0n) is 11.3. The van der Waals surface area contributed by atoms with Crippen molar-refractivity contribution >= 4 is 17.3 Å². The highest BCUT2D eigenvalue weighted by Crippen LogP contribution is 2.24. The predicted molar refractivity (Wildman–Crippen MR) is 79.3 cm³/mol. The van der Waals surface area contributed by atoms with Gasteiger partial charge in [-0.15, -0.1) is 11.3 Å². The first-order valence-electron chi connectivity index (χ1n) is 6.96. The number of aromatic nitrogens is 1. The van der Waals surface area contributed by atoms with Crippen molar-refractivity contribution in [1.29, 1.82) is 0 Å². The van der Waals surface area contributed by atoms with Gasteiger partial charge in [0.05, 0.1) is 17.1 Å². The highest BCUT2D eigenvalue weighted by atomic mass is 32.1. The number of thiazole rings is 1. The van der Waals surface area contributed by atoms with Crippen LogP contribution in [0.4, 0.5) is 0 Å². The molecular weight excluding hydrogens is 270 g/mol. The summed E-state index contributed by atoms with van der Waals surface area (Å²) in [6.45, 7) is 0. The SMILES string of the molecule is O=C(O)Cc1csc(Cc2ccc3c(c2)CCCC3)n1. The molecule has 4 heteroatoms. The molecule has 0 radical (unpaired) electrons. The Balaban J connectivity index is 1.74. The summed E-state index contributed by atoms with van der Waals surface area (Å²) in [5.74, 6) is -0.823. The summed E-state index contributed by atoms with van der Waals surface area (Å²) in [5, 5.41) is 11.6. The molecule has 2 aromatic rings. The summed E-state index contributed by atoms with van der Waals surface area (Å²) >= 11 is 1.55. The van der Waals surface area contributed by atoms with E-state index in [1.54, 1.807) is 11.3 Å². The molecule has 3 rings (SSSR count). The van der Waals surface area contributed by atoms with Crippen LogP contribution < -0.4 is 0 Å². The van der Waals surface area contributed by atoms with Gasteiger partial charge in [0, 0.05) is 11.8 Å². The topological polar surface area (TPSA) is 50.2 Å². The largest absolute Gasteiger partial charge is 0.481 e. The number of benzene rings is 1. The van der Waals surface area contributed by atoms with Crippen LogP contribution in [0, 0.1) is 0 Å². The van der Waals surface area contributed by atoms with Crippen molar-refractivity contribution < 1.29 is 9.90 Å². The lowest BCUT2D eigenvalue weighted by Crippen LogP contribution is -2.03. The van der Waals surface area contributed by atoms with Crippen LogP contribution in [-0.4, -0.2) is 16.1 Å². The number of carboxylic acid groups (broad SMARTS) is 1. The fourth-order valence-electron chi connectivity index (χ4n) is 2.74. The monoisotopic (exact) mass is 287 g/mol. The van der Waals surface area contributed by atoms with E-state index in [9.17, 15) is 4.79 Å². The van der Waals surface area contributed by atoms with Gasteiger partial charge in [-0.3, -0.25) is 4.79 Å². The van der Waals surface area contributed by atoms with E-state index in [0.29, 0.717) is 5.69 Å².